The lowest BCUT2D eigenvalue weighted by atomic mass is 10.1. The van der Waals surface area contributed by atoms with Gasteiger partial charge in [0.2, 0.25) is 0 Å². The Bertz CT molecular complexity index is 1090. The topological polar surface area (TPSA) is 112 Å². The second-order valence-corrected chi connectivity index (χ2v) is 7.18. The number of nitrogens with one attached hydrogen (secondary N) is 2. The molecule has 8 heteroatoms. The molecule has 2 aromatic rings. The normalized spacial score (nSPS) is 11.8. The van der Waals surface area contributed by atoms with Gasteiger partial charge in [-0.3, -0.25) is 25.1 Å². The summed E-state index contributed by atoms with van der Waals surface area (Å²) in [4.78, 5) is 42.5. The third-order valence-corrected chi connectivity index (χ3v) is 4.57. The minimum absolute atomic E-state index is 0.243. The van der Waals surface area contributed by atoms with Crippen molar-refractivity contribution in [1.29, 1.82) is 0 Å². The van der Waals surface area contributed by atoms with Crippen molar-refractivity contribution >= 4 is 23.9 Å². The van der Waals surface area contributed by atoms with Crippen LogP contribution in [0.4, 0.5) is 4.79 Å². The maximum absolute atomic E-state index is 13.0. The van der Waals surface area contributed by atoms with Crippen LogP contribution >= 0.6 is 0 Å². The van der Waals surface area contributed by atoms with Crippen LogP contribution in [0.15, 0.2) is 90.8 Å². The van der Waals surface area contributed by atoms with E-state index in [2.05, 4.69) is 10.3 Å². The zero-order valence-electron chi connectivity index (χ0n) is 19.1. The average molecular weight is 461 g/mol. The van der Waals surface area contributed by atoms with Gasteiger partial charge in [0.05, 0.1) is 0 Å². The number of nitrogens with zero attached hydrogens (tertiary/aromatic N) is 2. The van der Waals surface area contributed by atoms with Crippen molar-refractivity contribution in [2.75, 3.05) is 0 Å². The number of carbonyl (C=O) groups excluding carboxylic acids is 3. The molecule has 1 heterocycles. The molecule has 0 fully saturated rings. The van der Waals surface area contributed by atoms with E-state index in [1.807, 2.05) is 25.1 Å². The zero-order valence-corrected chi connectivity index (χ0v) is 19.1. The summed E-state index contributed by atoms with van der Waals surface area (Å²) in [5, 5.41) is 11.0. The summed E-state index contributed by atoms with van der Waals surface area (Å²) in [5.74, 6) is -1.13. The largest absolute Gasteiger partial charge is 0.324 e. The minimum Gasteiger partial charge on any atom is -0.316 e. The summed E-state index contributed by atoms with van der Waals surface area (Å²) in [7, 11) is 0. The Labute approximate surface area is 199 Å². The fraction of sp³-hybridized carbons (Fsp3) is 0.154. The first-order valence-corrected chi connectivity index (χ1v) is 10.6. The van der Waals surface area contributed by atoms with Crippen LogP contribution in [0.2, 0.25) is 0 Å². The molecule has 0 unspecified atom stereocenters. The smallest absolute Gasteiger partial charge is 0.316 e. The number of rotatable bonds is 9. The average Bonchev–Trinajstić information content (AvgIpc) is 2.86. The summed E-state index contributed by atoms with van der Waals surface area (Å²) < 4.78 is 0. The quantitative estimate of drug-likeness (QED) is 0.227. The van der Waals surface area contributed by atoms with Gasteiger partial charge in [0.15, 0.2) is 0 Å². The Morgan fingerprint density at radius 1 is 1.00 bits per heavy atom. The molecule has 3 N–H and O–H groups in total. The van der Waals surface area contributed by atoms with Crippen molar-refractivity contribution in [3.63, 3.8) is 0 Å². The van der Waals surface area contributed by atoms with E-state index in [0.29, 0.717) is 5.57 Å². The third-order valence-electron chi connectivity index (χ3n) is 4.57. The SMILES string of the molecule is C\C=C/C=C(\C=C/C)C(=O)NC(=O)N(Cc1ccc(/C=C/C(=O)NO)cc1)Cc1cccnc1. The molecule has 0 aliphatic carbocycles. The van der Waals surface area contributed by atoms with E-state index < -0.39 is 17.8 Å². The van der Waals surface area contributed by atoms with Crippen LogP contribution in [-0.2, 0) is 22.7 Å². The summed E-state index contributed by atoms with van der Waals surface area (Å²) in [6, 6.07) is 10.3. The molecule has 176 valence electrons. The second kappa shape index (κ2) is 14.0. The molecule has 8 nitrogen and oxygen atoms in total. The molecule has 1 aromatic heterocycles. The second-order valence-electron chi connectivity index (χ2n) is 7.18. The lowest BCUT2D eigenvalue weighted by Gasteiger charge is -2.23. The monoisotopic (exact) mass is 460 g/mol. The number of aromatic nitrogens is 1. The maximum atomic E-state index is 13.0. The van der Waals surface area contributed by atoms with Crippen LogP contribution in [0.25, 0.3) is 6.08 Å². The Hall–Kier alpha value is -4.30. The van der Waals surface area contributed by atoms with Gasteiger partial charge in [-0.25, -0.2) is 10.3 Å². The van der Waals surface area contributed by atoms with Crippen molar-refractivity contribution in [3.8, 4) is 0 Å². The van der Waals surface area contributed by atoms with E-state index in [1.165, 1.54) is 16.5 Å². The van der Waals surface area contributed by atoms with Crippen LogP contribution in [0.1, 0.15) is 30.5 Å². The molecule has 0 aliphatic heterocycles. The van der Waals surface area contributed by atoms with Gasteiger partial charge in [-0.2, -0.15) is 0 Å². The number of hydroxylamine groups is 1. The van der Waals surface area contributed by atoms with Crippen molar-refractivity contribution < 1.29 is 19.6 Å². The summed E-state index contributed by atoms with van der Waals surface area (Å²) in [5.41, 5.74) is 4.28. The number of amides is 4. The molecule has 0 radical (unpaired) electrons. The summed E-state index contributed by atoms with van der Waals surface area (Å²) in [6.45, 7) is 4.13. The van der Waals surface area contributed by atoms with Crippen LogP contribution in [0.5, 0.6) is 0 Å². The van der Waals surface area contributed by atoms with Crippen molar-refractivity contribution in [1.82, 2.24) is 20.7 Å². The van der Waals surface area contributed by atoms with Gasteiger partial charge >= 0.3 is 6.03 Å². The molecule has 0 saturated carbocycles. The molecular weight excluding hydrogens is 432 g/mol. The first-order valence-electron chi connectivity index (χ1n) is 10.6. The van der Waals surface area contributed by atoms with Crippen LogP contribution in [0, 0.1) is 0 Å². The molecule has 2 rings (SSSR count). The Morgan fingerprint density at radius 3 is 2.35 bits per heavy atom. The summed E-state index contributed by atoms with van der Waals surface area (Å²) >= 11 is 0. The molecule has 34 heavy (non-hydrogen) atoms. The Kier molecular flexibility index (Phi) is 10.7. The number of hydrogen-bond donors (Lipinski definition) is 3. The third kappa shape index (κ3) is 8.68. The van der Waals surface area contributed by atoms with Gasteiger partial charge in [-0.05, 0) is 48.8 Å². The van der Waals surface area contributed by atoms with Crippen molar-refractivity contribution in [3.05, 3.63) is 108 Å². The Morgan fingerprint density at radius 2 is 1.74 bits per heavy atom. The number of hydrogen-bond acceptors (Lipinski definition) is 5. The van der Waals surface area contributed by atoms with Crippen molar-refractivity contribution in [2.24, 2.45) is 0 Å². The molecular formula is C26H28N4O4. The molecule has 0 saturated heterocycles. The zero-order chi connectivity index (χ0) is 24.8. The highest BCUT2D eigenvalue weighted by Crippen LogP contribution is 2.13. The minimum atomic E-state index is -0.631. The van der Waals surface area contributed by atoms with E-state index in [1.54, 1.807) is 74.0 Å². The predicted molar refractivity (Wildman–Crippen MR) is 130 cm³/mol. The van der Waals surface area contributed by atoms with Gasteiger partial charge in [-0.15, -0.1) is 0 Å². The van der Waals surface area contributed by atoms with Crippen molar-refractivity contribution in [2.45, 2.75) is 26.9 Å². The molecule has 0 aliphatic rings. The number of carbonyl (C=O) groups is 3. The maximum Gasteiger partial charge on any atom is 0.324 e. The Balaban J connectivity index is 2.20. The van der Waals surface area contributed by atoms with E-state index in [-0.39, 0.29) is 13.1 Å². The van der Waals surface area contributed by atoms with Gasteiger partial charge in [0, 0.05) is 37.1 Å². The summed E-state index contributed by atoms with van der Waals surface area (Å²) in [6.07, 6.45) is 14.6. The van der Waals surface area contributed by atoms with Crippen LogP contribution < -0.4 is 10.8 Å². The van der Waals surface area contributed by atoms with Gasteiger partial charge in [-0.1, -0.05) is 54.6 Å². The molecule has 4 amide bonds. The molecule has 0 atom stereocenters. The van der Waals surface area contributed by atoms with E-state index >= 15 is 0 Å². The van der Waals surface area contributed by atoms with E-state index in [0.717, 1.165) is 16.7 Å². The number of imide groups is 1. The highest BCUT2D eigenvalue weighted by Gasteiger charge is 2.18. The standard InChI is InChI=1S/C26H28N4O4/c1-3-5-9-23(7-4-2)25(32)28-26(33)30(19-22-8-6-16-27-17-22)18-21-12-10-20(11-13-21)14-15-24(31)29-34/h3-17,34H,18-19H2,1-2H3,(H,29,31)(H,28,32,33)/b5-3-,7-4-,15-14+,23-9+. The van der Waals surface area contributed by atoms with Crippen LogP contribution in [0.3, 0.4) is 0 Å². The molecule has 0 spiro atoms. The lowest BCUT2D eigenvalue weighted by molar-refractivity contribution is -0.124. The molecule has 1 aromatic carbocycles. The first-order chi connectivity index (χ1) is 16.5. The number of urea groups is 1. The number of benzene rings is 1. The van der Waals surface area contributed by atoms with E-state index in [4.69, 9.17) is 5.21 Å². The van der Waals surface area contributed by atoms with Gasteiger partial charge in [0.1, 0.15) is 0 Å². The highest BCUT2D eigenvalue weighted by molar-refractivity contribution is 6.05. The fourth-order valence-electron chi connectivity index (χ4n) is 2.91. The number of pyridine rings is 1. The van der Waals surface area contributed by atoms with E-state index in [9.17, 15) is 14.4 Å². The lowest BCUT2D eigenvalue weighted by Crippen LogP contribution is -2.42. The first kappa shape index (κ1) is 26.0. The van der Waals surface area contributed by atoms with Gasteiger partial charge < -0.3 is 4.90 Å². The fourth-order valence-corrected chi connectivity index (χ4v) is 2.91. The van der Waals surface area contributed by atoms with Gasteiger partial charge in [0.25, 0.3) is 11.8 Å². The predicted octanol–water partition coefficient (Wildman–Crippen LogP) is 3.92. The highest BCUT2D eigenvalue weighted by atomic mass is 16.5. The number of allylic oxidation sites excluding steroid dienone is 4. The van der Waals surface area contributed by atoms with Crippen LogP contribution in [-0.4, -0.2) is 32.9 Å². The molecule has 0 bridgehead atoms.